The molecule has 0 atom stereocenters. The van der Waals surface area contributed by atoms with Crippen LogP contribution in [0.1, 0.15) is 19.8 Å². The molecule has 4 heteroatoms. The largest absolute Gasteiger partial charge is 0.550 e. The highest BCUT2D eigenvalue weighted by molar-refractivity contribution is 7.99. The SMILES string of the molecule is CCCSCCC(=O)[O-].[NH4+]. The number of carboxylic acids is 1. The first-order valence-corrected chi connectivity index (χ1v) is 4.20. The molecule has 0 aliphatic heterocycles. The summed E-state index contributed by atoms with van der Waals surface area (Å²) in [5.41, 5.74) is 0. The van der Waals surface area contributed by atoms with E-state index in [0.717, 1.165) is 12.2 Å². The van der Waals surface area contributed by atoms with E-state index in [9.17, 15) is 9.90 Å². The van der Waals surface area contributed by atoms with E-state index >= 15 is 0 Å². The van der Waals surface area contributed by atoms with Gasteiger partial charge in [0.05, 0.1) is 0 Å². The van der Waals surface area contributed by atoms with Gasteiger partial charge in [-0.2, -0.15) is 11.8 Å². The summed E-state index contributed by atoms with van der Waals surface area (Å²) in [5.74, 6) is 0.794. The minimum absolute atomic E-state index is 0. The lowest BCUT2D eigenvalue weighted by molar-refractivity contribution is -0.305. The Morgan fingerprint density at radius 3 is 2.50 bits per heavy atom. The second-order valence-corrected chi connectivity index (χ2v) is 2.96. The standard InChI is InChI=1S/C6H12O2S.H3N/c1-2-4-9-5-3-6(7)8;/h2-5H2,1H3,(H,7,8);1H3. The van der Waals surface area contributed by atoms with Gasteiger partial charge >= 0.3 is 0 Å². The Hall–Kier alpha value is -0.220. The molecule has 10 heavy (non-hydrogen) atoms. The van der Waals surface area contributed by atoms with Crippen LogP contribution in [0.4, 0.5) is 0 Å². The number of quaternary nitrogens is 1. The van der Waals surface area contributed by atoms with E-state index in [4.69, 9.17) is 0 Å². The van der Waals surface area contributed by atoms with Crippen LogP contribution in [0.5, 0.6) is 0 Å². The number of hydrogen-bond donors (Lipinski definition) is 1. The maximum atomic E-state index is 9.84. The van der Waals surface area contributed by atoms with E-state index in [1.807, 2.05) is 0 Å². The summed E-state index contributed by atoms with van der Waals surface area (Å²) in [6.07, 6.45) is 1.29. The Morgan fingerprint density at radius 1 is 1.50 bits per heavy atom. The predicted octanol–water partition coefficient (Wildman–Crippen LogP) is 0.646. The third-order valence-corrected chi connectivity index (χ3v) is 1.99. The maximum Gasteiger partial charge on any atom is 0.0422 e. The van der Waals surface area contributed by atoms with Gasteiger partial charge in [0.2, 0.25) is 0 Å². The second kappa shape index (κ2) is 8.78. The topological polar surface area (TPSA) is 76.6 Å². The molecule has 0 saturated heterocycles. The van der Waals surface area contributed by atoms with Crippen molar-refractivity contribution in [3.63, 3.8) is 0 Å². The van der Waals surface area contributed by atoms with Gasteiger partial charge in [-0.1, -0.05) is 6.92 Å². The van der Waals surface area contributed by atoms with E-state index in [-0.39, 0.29) is 12.6 Å². The molecule has 3 nitrogen and oxygen atoms in total. The summed E-state index contributed by atoms with van der Waals surface area (Å²) in [6, 6.07) is 0. The fourth-order valence-corrected chi connectivity index (χ4v) is 1.21. The molecule has 0 aromatic heterocycles. The molecule has 0 heterocycles. The first-order chi connectivity index (χ1) is 4.27. The first kappa shape index (κ1) is 12.5. The molecule has 0 aliphatic rings. The summed E-state index contributed by atoms with van der Waals surface area (Å²) in [4.78, 5) is 9.84. The summed E-state index contributed by atoms with van der Waals surface area (Å²) >= 11 is 1.66. The Balaban J connectivity index is 0. The summed E-state index contributed by atoms with van der Waals surface area (Å²) in [6.45, 7) is 2.08. The third-order valence-electron chi connectivity index (χ3n) is 0.799. The number of carboxylic acid groups (broad SMARTS) is 1. The number of rotatable bonds is 5. The molecule has 4 N–H and O–H groups in total. The number of carbonyl (C=O) groups is 1. The molecule has 62 valence electrons. The minimum Gasteiger partial charge on any atom is -0.550 e. The highest BCUT2D eigenvalue weighted by Crippen LogP contribution is 2.02. The van der Waals surface area contributed by atoms with Crippen molar-refractivity contribution in [2.24, 2.45) is 0 Å². The molecule has 0 rings (SSSR count). The molecule has 0 aromatic carbocycles. The predicted molar refractivity (Wildman–Crippen MR) is 43.2 cm³/mol. The van der Waals surface area contributed by atoms with Gasteiger partial charge in [0.15, 0.2) is 0 Å². The monoisotopic (exact) mass is 165 g/mol. The van der Waals surface area contributed by atoms with Gasteiger partial charge in [-0.25, -0.2) is 0 Å². The maximum absolute atomic E-state index is 9.84. The smallest absolute Gasteiger partial charge is 0.0422 e. The van der Waals surface area contributed by atoms with Crippen LogP contribution in [0, 0.1) is 0 Å². The zero-order valence-corrected chi connectivity index (χ0v) is 7.37. The number of carbonyl (C=O) groups excluding carboxylic acids is 1. The van der Waals surface area contributed by atoms with Crippen molar-refractivity contribution in [1.29, 1.82) is 0 Å². The van der Waals surface area contributed by atoms with Crippen LogP contribution in [-0.2, 0) is 4.79 Å². The molecular weight excluding hydrogens is 150 g/mol. The van der Waals surface area contributed by atoms with Gasteiger partial charge in [0.25, 0.3) is 0 Å². The number of thioether (sulfide) groups is 1. The van der Waals surface area contributed by atoms with Crippen LogP contribution in [0.2, 0.25) is 0 Å². The van der Waals surface area contributed by atoms with Gasteiger partial charge in [0.1, 0.15) is 0 Å². The molecule has 0 spiro atoms. The number of aliphatic carboxylic acids is 1. The van der Waals surface area contributed by atoms with Crippen molar-refractivity contribution < 1.29 is 9.90 Å². The summed E-state index contributed by atoms with van der Waals surface area (Å²) < 4.78 is 0. The van der Waals surface area contributed by atoms with Crippen LogP contribution >= 0.6 is 11.8 Å². The van der Waals surface area contributed by atoms with Crippen molar-refractivity contribution >= 4 is 17.7 Å². The molecule has 0 fully saturated rings. The molecule has 0 amide bonds. The summed E-state index contributed by atoms with van der Waals surface area (Å²) in [7, 11) is 0. The van der Waals surface area contributed by atoms with E-state index in [2.05, 4.69) is 6.92 Å². The molecule has 0 aromatic rings. The van der Waals surface area contributed by atoms with Crippen molar-refractivity contribution in [2.75, 3.05) is 11.5 Å². The van der Waals surface area contributed by atoms with Gasteiger partial charge < -0.3 is 16.1 Å². The Labute approximate surface area is 65.8 Å². The van der Waals surface area contributed by atoms with Crippen molar-refractivity contribution in [3.8, 4) is 0 Å². The van der Waals surface area contributed by atoms with Crippen LogP contribution in [0.25, 0.3) is 0 Å². The van der Waals surface area contributed by atoms with Gasteiger partial charge in [-0.3, -0.25) is 0 Å². The molecule has 0 unspecified atom stereocenters. The van der Waals surface area contributed by atoms with Gasteiger partial charge in [-0.15, -0.1) is 0 Å². The first-order valence-electron chi connectivity index (χ1n) is 3.05. The lowest BCUT2D eigenvalue weighted by Crippen LogP contribution is -2.22. The zero-order valence-electron chi connectivity index (χ0n) is 6.55. The Kier molecular flexibility index (Phi) is 10.9. The average Bonchev–Trinajstić information content (AvgIpc) is 1.80. The number of hydrogen-bond acceptors (Lipinski definition) is 3. The lowest BCUT2D eigenvalue weighted by Gasteiger charge is -1.99. The average molecular weight is 165 g/mol. The van der Waals surface area contributed by atoms with E-state index < -0.39 is 5.97 Å². The van der Waals surface area contributed by atoms with Crippen LogP contribution in [0.3, 0.4) is 0 Å². The third kappa shape index (κ3) is 10.7. The van der Waals surface area contributed by atoms with Crippen molar-refractivity contribution in [2.45, 2.75) is 19.8 Å². The highest BCUT2D eigenvalue weighted by Gasteiger charge is 1.86. The molecule has 0 bridgehead atoms. The molecule has 0 saturated carbocycles. The minimum atomic E-state index is -0.946. The quantitative estimate of drug-likeness (QED) is 0.607. The Morgan fingerprint density at radius 2 is 2.10 bits per heavy atom. The fourth-order valence-electron chi connectivity index (χ4n) is 0.402. The highest BCUT2D eigenvalue weighted by atomic mass is 32.2. The summed E-state index contributed by atoms with van der Waals surface area (Å²) in [5, 5.41) is 9.84. The van der Waals surface area contributed by atoms with E-state index in [1.54, 1.807) is 11.8 Å². The molecule has 0 radical (unpaired) electrons. The Bertz CT molecular complexity index is 87.8. The van der Waals surface area contributed by atoms with Crippen LogP contribution in [-0.4, -0.2) is 17.5 Å². The van der Waals surface area contributed by atoms with Crippen molar-refractivity contribution in [3.05, 3.63) is 0 Å². The second-order valence-electron chi connectivity index (χ2n) is 1.73. The van der Waals surface area contributed by atoms with Gasteiger partial charge in [0, 0.05) is 5.97 Å². The van der Waals surface area contributed by atoms with Crippen LogP contribution < -0.4 is 11.3 Å². The van der Waals surface area contributed by atoms with Gasteiger partial charge in [-0.05, 0) is 24.3 Å². The van der Waals surface area contributed by atoms with Crippen LogP contribution in [0.15, 0.2) is 0 Å². The zero-order chi connectivity index (χ0) is 7.11. The van der Waals surface area contributed by atoms with E-state index in [0.29, 0.717) is 5.75 Å². The van der Waals surface area contributed by atoms with Crippen molar-refractivity contribution in [1.82, 2.24) is 6.15 Å². The lowest BCUT2D eigenvalue weighted by atomic mass is 10.5. The molecular formula is C6H15NO2S. The molecule has 0 aliphatic carbocycles. The normalized spacial score (nSPS) is 8.50. The van der Waals surface area contributed by atoms with E-state index in [1.165, 1.54) is 0 Å². The fraction of sp³-hybridized carbons (Fsp3) is 0.833.